The first-order chi connectivity index (χ1) is 13.7. The predicted octanol–water partition coefficient (Wildman–Crippen LogP) is 1.37. The Kier molecular flexibility index (Phi) is 5.92. The van der Waals surface area contributed by atoms with Gasteiger partial charge in [-0.3, -0.25) is 0 Å². The van der Waals surface area contributed by atoms with E-state index in [1.54, 1.807) is 6.08 Å². The zero-order chi connectivity index (χ0) is 19.3. The molecule has 1 unspecified atom stereocenters. The Morgan fingerprint density at radius 1 is 1.11 bits per heavy atom. The van der Waals surface area contributed by atoms with Gasteiger partial charge in [-0.05, 0) is 6.08 Å². The summed E-state index contributed by atoms with van der Waals surface area (Å²) >= 11 is 0. The molecule has 2 fully saturated rings. The number of rotatable bonds is 5. The SMILES string of the molecule is FC(F)C1=CNC(Nc2cc(N3CCNCC3)cc(N3CCOCC3)n2)C=C1. The number of ether oxygens (including phenoxy) is 1. The lowest BCUT2D eigenvalue weighted by Gasteiger charge is -2.33. The quantitative estimate of drug-likeness (QED) is 0.700. The number of pyridine rings is 1. The molecule has 0 radical (unpaired) electrons. The van der Waals surface area contributed by atoms with Crippen molar-refractivity contribution < 1.29 is 13.5 Å². The fourth-order valence-corrected chi connectivity index (χ4v) is 3.52. The lowest BCUT2D eigenvalue weighted by Crippen LogP contribution is -2.44. The van der Waals surface area contributed by atoms with Crippen LogP contribution in [-0.4, -0.2) is 70.1 Å². The number of dihydropyridines is 1. The maximum absolute atomic E-state index is 12.8. The Morgan fingerprint density at radius 2 is 1.89 bits per heavy atom. The molecule has 9 heteroatoms. The van der Waals surface area contributed by atoms with Crippen LogP contribution in [0.25, 0.3) is 0 Å². The van der Waals surface area contributed by atoms with Crippen LogP contribution in [0.3, 0.4) is 0 Å². The zero-order valence-corrected chi connectivity index (χ0v) is 15.7. The van der Waals surface area contributed by atoms with Gasteiger partial charge in [0.25, 0.3) is 6.43 Å². The second-order valence-electron chi connectivity index (χ2n) is 7.00. The minimum Gasteiger partial charge on any atom is -0.378 e. The second-order valence-corrected chi connectivity index (χ2v) is 7.00. The lowest BCUT2D eigenvalue weighted by atomic mass is 10.2. The molecule has 1 aromatic heterocycles. The van der Waals surface area contributed by atoms with E-state index >= 15 is 0 Å². The Labute approximate surface area is 163 Å². The fraction of sp³-hybridized carbons (Fsp3) is 0.526. The number of anilines is 3. The molecule has 0 bridgehead atoms. The van der Waals surface area contributed by atoms with E-state index in [0.29, 0.717) is 19.0 Å². The molecule has 0 amide bonds. The van der Waals surface area contributed by atoms with E-state index in [1.807, 2.05) is 6.07 Å². The summed E-state index contributed by atoms with van der Waals surface area (Å²) in [4.78, 5) is 9.34. The molecule has 3 aliphatic heterocycles. The summed E-state index contributed by atoms with van der Waals surface area (Å²) in [6, 6.07) is 4.15. The van der Waals surface area contributed by atoms with Gasteiger partial charge in [0.05, 0.1) is 13.2 Å². The van der Waals surface area contributed by atoms with Crippen LogP contribution >= 0.6 is 0 Å². The van der Waals surface area contributed by atoms with Gasteiger partial charge in [0, 0.05) is 68.9 Å². The molecule has 1 atom stereocenters. The molecule has 0 saturated carbocycles. The van der Waals surface area contributed by atoms with Crippen LogP contribution in [0.4, 0.5) is 26.1 Å². The van der Waals surface area contributed by atoms with Crippen molar-refractivity contribution in [2.24, 2.45) is 0 Å². The van der Waals surface area contributed by atoms with Crippen molar-refractivity contribution in [3.05, 3.63) is 36.1 Å². The van der Waals surface area contributed by atoms with E-state index in [9.17, 15) is 8.78 Å². The molecule has 0 aliphatic carbocycles. The largest absolute Gasteiger partial charge is 0.378 e. The molecule has 0 aromatic carbocycles. The third kappa shape index (κ3) is 4.53. The van der Waals surface area contributed by atoms with E-state index in [2.05, 4.69) is 31.8 Å². The Balaban J connectivity index is 1.54. The highest BCUT2D eigenvalue weighted by Crippen LogP contribution is 2.26. The first kappa shape index (κ1) is 18.9. The Bertz CT molecular complexity index is 693. The number of hydrogen-bond acceptors (Lipinski definition) is 7. The zero-order valence-electron chi connectivity index (χ0n) is 15.7. The van der Waals surface area contributed by atoms with Crippen molar-refractivity contribution >= 4 is 17.3 Å². The molecule has 4 rings (SSSR count). The van der Waals surface area contributed by atoms with Gasteiger partial charge in [-0.15, -0.1) is 0 Å². The van der Waals surface area contributed by atoms with E-state index < -0.39 is 6.43 Å². The highest BCUT2D eigenvalue weighted by atomic mass is 19.3. The van der Waals surface area contributed by atoms with Crippen molar-refractivity contribution in [1.82, 2.24) is 15.6 Å². The topological polar surface area (TPSA) is 64.7 Å². The first-order valence-corrected chi connectivity index (χ1v) is 9.68. The molecule has 2 saturated heterocycles. The van der Waals surface area contributed by atoms with Gasteiger partial charge in [-0.2, -0.15) is 0 Å². The first-order valence-electron chi connectivity index (χ1n) is 9.68. The summed E-state index contributed by atoms with van der Waals surface area (Å²) < 4.78 is 31.0. The number of nitrogens with one attached hydrogen (secondary N) is 3. The predicted molar refractivity (Wildman–Crippen MR) is 106 cm³/mol. The van der Waals surface area contributed by atoms with Crippen molar-refractivity contribution in [3.63, 3.8) is 0 Å². The minimum absolute atomic E-state index is 0.0189. The molecule has 1 aromatic rings. The second kappa shape index (κ2) is 8.74. The summed E-state index contributed by atoms with van der Waals surface area (Å²) in [7, 11) is 0. The number of morpholine rings is 1. The number of allylic oxidation sites excluding steroid dienone is 2. The molecular weight excluding hydrogens is 366 g/mol. The highest BCUT2D eigenvalue weighted by molar-refractivity contribution is 5.63. The van der Waals surface area contributed by atoms with Crippen LogP contribution in [0.15, 0.2) is 36.1 Å². The molecule has 4 heterocycles. The standard InChI is InChI=1S/C19H26F2N6O/c20-19(21)14-1-2-16(23-13-14)24-17-11-15(26-5-3-22-4-6-26)12-18(25-17)27-7-9-28-10-8-27/h1-2,11-13,16,19,22-23H,3-10H2,(H,24,25). The van der Waals surface area contributed by atoms with Gasteiger partial charge in [-0.1, -0.05) is 6.08 Å². The lowest BCUT2D eigenvalue weighted by molar-refractivity contribution is 0.122. The number of halogens is 2. The minimum atomic E-state index is -2.48. The molecule has 7 nitrogen and oxygen atoms in total. The van der Waals surface area contributed by atoms with Crippen LogP contribution in [0, 0.1) is 0 Å². The summed E-state index contributed by atoms with van der Waals surface area (Å²) in [6.45, 7) is 6.77. The Morgan fingerprint density at radius 3 is 2.57 bits per heavy atom. The molecule has 28 heavy (non-hydrogen) atoms. The Hall–Kier alpha value is -2.39. The van der Waals surface area contributed by atoms with Gasteiger partial charge in [-0.25, -0.2) is 13.8 Å². The normalized spacial score (nSPS) is 22.8. The third-order valence-electron chi connectivity index (χ3n) is 5.08. The fourth-order valence-electron chi connectivity index (χ4n) is 3.52. The van der Waals surface area contributed by atoms with Crippen LogP contribution in [0.2, 0.25) is 0 Å². The van der Waals surface area contributed by atoms with Gasteiger partial charge in [0.2, 0.25) is 0 Å². The van der Waals surface area contributed by atoms with E-state index in [4.69, 9.17) is 9.72 Å². The van der Waals surface area contributed by atoms with E-state index in [1.165, 1.54) is 12.3 Å². The third-order valence-corrected chi connectivity index (χ3v) is 5.08. The van der Waals surface area contributed by atoms with Crippen LogP contribution in [-0.2, 0) is 4.74 Å². The molecule has 3 N–H and O–H groups in total. The maximum Gasteiger partial charge on any atom is 0.265 e. The average Bonchev–Trinajstić information content (AvgIpc) is 2.75. The summed E-state index contributed by atoms with van der Waals surface area (Å²) in [5, 5.41) is 9.63. The maximum atomic E-state index is 12.8. The van der Waals surface area contributed by atoms with E-state index in [-0.39, 0.29) is 11.7 Å². The summed E-state index contributed by atoms with van der Waals surface area (Å²) in [5.41, 5.74) is 1.10. The van der Waals surface area contributed by atoms with Crippen molar-refractivity contribution in [1.29, 1.82) is 0 Å². The highest BCUT2D eigenvalue weighted by Gasteiger charge is 2.19. The van der Waals surface area contributed by atoms with E-state index in [0.717, 1.165) is 50.8 Å². The van der Waals surface area contributed by atoms with Crippen molar-refractivity contribution in [2.75, 3.05) is 67.6 Å². The number of alkyl halides is 2. The number of piperazine rings is 1. The van der Waals surface area contributed by atoms with Crippen LogP contribution < -0.4 is 25.8 Å². The average molecular weight is 392 g/mol. The van der Waals surface area contributed by atoms with Gasteiger partial charge >= 0.3 is 0 Å². The smallest absolute Gasteiger partial charge is 0.265 e. The van der Waals surface area contributed by atoms with Crippen LogP contribution in [0.1, 0.15) is 0 Å². The summed E-state index contributed by atoms with van der Waals surface area (Å²) in [5.74, 6) is 1.62. The molecule has 0 spiro atoms. The molecule has 3 aliphatic rings. The molecular formula is C19H26F2N6O. The molecule has 152 valence electrons. The number of hydrogen-bond donors (Lipinski definition) is 3. The van der Waals surface area contributed by atoms with Crippen molar-refractivity contribution in [3.8, 4) is 0 Å². The van der Waals surface area contributed by atoms with Crippen LogP contribution in [0.5, 0.6) is 0 Å². The summed E-state index contributed by atoms with van der Waals surface area (Å²) in [6.07, 6.45) is 1.72. The van der Waals surface area contributed by atoms with Gasteiger partial charge < -0.3 is 30.5 Å². The number of nitrogens with zero attached hydrogens (tertiary/aromatic N) is 3. The van der Waals surface area contributed by atoms with Crippen molar-refractivity contribution in [2.45, 2.75) is 12.6 Å². The van der Waals surface area contributed by atoms with Gasteiger partial charge in [0.15, 0.2) is 0 Å². The monoisotopic (exact) mass is 392 g/mol. The van der Waals surface area contributed by atoms with Gasteiger partial charge in [0.1, 0.15) is 17.8 Å². The number of aromatic nitrogens is 1.